The number of nitrogens with zero attached hydrogens (tertiary/aromatic N) is 1. The van der Waals surface area contributed by atoms with E-state index in [0.717, 1.165) is 24.9 Å². The van der Waals surface area contributed by atoms with Gasteiger partial charge in [0.25, 0.3) is 0 Å². The molecule has 4 N–H and O–H groups in total. The second-order valence-electron chi connectivity index (χ2n) is 6.40. The molecular formula is C21H28FIN4O. The summed E-state index contributed by atoms with van der Waals surface area (Å²) in [5.41, 5.74) is 7.68. The summed E-state index contributed by atoms with van der Waals surface area (Å²) < 4.78 is 13.0. The summed E-state index contributed by atoms with van der Waals surface area (Å²) in [7, 11) is 1.69. The number of rotatable bonds is 9. The third-order valence-electron chi connectivity index (χ3n) is 4.31. The van der Waals surface area contributed by atoms with Gasteiger partial charge in [0, 0.05) is 20.1 Å². The van der Waals surface area contributed by atoms with Gasteiger partial charge in [-0.3, -0.25) is 9.79 Å². The SMILES string of the molecule is CN=C(NCCCc1ccccc1)NCC(Cc1ccc(F)cc1)C(N)=O.I. The van der Waals surface area contributed by atoms with Gasteiger partial charge in [-0.2, -0.15) is 0 Å². The Kier molecular flexibility index (Phi) is 11.2. The Morgan fingerprint density at radius 1 is 1.07 bits per heavy atom. The molecule has 0 heterocycles. The molecule has 0 radical (unpaired) electrons. The number of guanidine groups is 1. The van der Waals surface area contributed by atoms with Gasteiger partial charge in [-0.15, -0.1) is 24.0 Å². The van der Waals surface area contributed by atoms with Gasteiger partial charge in [-0.1, -0.05) is 42.5 Å². The van der Waals surface area contributed by atoms with Crippen molar-refractivity contribution in [1.29, 1.82) is 0 Å². The van der Waals surface area contributed by atoms with Crippen molar-refractivity contribution in [3.63, 3.8) is 0 Å². The summed E-state index contributed by atoms with van der Waals surface area (Å²) >= 11 is 0. The van der Waals surface area contributed by atoms with E-state index >= 15 is 0 Å². The molecule has 0 saturated heterocycles. The van der Waals surface area contributed by atoms with Crippen molar-refractivity contribution in [1.82, 2.24) is 10.6 Å². The molecule has 0 aliphatic carbocycles. The first-order chi connectivity index (χ1) is 13.1. The second kappa shape index (κ2) is 13.1. The number of aliphatic imine (C=N–C) groups is 1. The average molecular weight is 498 g/mol. The maximum Gasteiger partial charge on any atom is 0.222 e. The molecule has 2 aromatic carbocycles. The fraction of sp³-hybridized carbons (Fsp3) is 0.333. The Balaban J connectivity index is 0.00000392. The predicted octanol–water partition coefficient (Wildman–Crippen LogP) is 2.89. The molecule has 1 unspecified atom stereocenters. The van der Waals surface area contributed by atoms with Gasteiger partial charge in [0.05, 0.1) is 5.92 Å². The zero-order chi connectivity index (χ0) is 19.5. The van der Waals surface area contributed by atoms with E-state index in [0.29, 0.717) is 18.9 Å². The number of hydrogen-bond donors (Lipinski definition) is 3. The van der Waals surface area contributed by atoms with E-state index in [2.05, 4.69) is 27.8 Å². The number of hydrogen-bond acceptors (Lipinski definition) is 2. The Morgan fingerprint density at radius 2 is 1.75 bits per heavy atom. The number of benzene rings is 2. The standard InChI is InChI=1S/C21H27FN4O.HI/c1-24-21(25-13-5-8-16-6-3-2-4-7-16)26-15-18(20(23)27)14-17-9-11-19(22)12-10-17;/h2-4,6-7,9-12,18H,5,8,13-15H2,1H3,(H2,23,27)(H2,24,25,26);1H. The molecule has 0 bridgehead atoms. The number of amides is 1. The van der Waals surface area contributed by atoms with Gasteiger partial charge in [0.15, 0.2) is 5.96 Å². The number of aryl methyl sites for hydroxylation is 1. The summed E-state index contributed by atoms with van der Waals surface area (Å²) in [4.78, 5) is 15.9. The first kappa shape index (κ1) is 23.9. The van der Waals surface area contributed by atoms with Crippen LogP contribution in [0.2, 0.25) is 0 Å². The molecular weight excluding hydrogens is 470 g/mol. The molecule has 7 heteroatoms. The van der Waals surface area contributed by atoms with E-state index < -0.39 is 11.8 Å². The van der Waals surface area contributed by atoms with E-state index in [1.165, 1.54) is 17.7 Å². The van der Waals surface area contributed by atoms with Crippen molar-refractivity contribution in [2.45, 2.75) is 19.3 Å². The topological polar surface area (TPSA) is 79.5 Å². The van der Waals surface area contributed by atoms with Gasteiger partial charge in [-0.25, -0.2) is 4.39 Å². The highest BCUT2D eigenvalue weighted by atomic mass is 127. The van der Waals surface area contributed by atoms with Crippen LogP contribution in [0.4, 0.5) is 4.39 Å². The fourth-order valence-electron chi connectivity index (χ4n) is 2.76. The van der Waals surface area contributed by atoms with Gasteiger partial charge < -0.3 is 16.4 Å². The third-order valence-corrected chi connectivity index (χ3v) is 4.31. The summed E-state index contributed by atoms with van der Waals surface area (Å²) in [6, 6.07) is 16.4. The van der Waals surface area contributed by atoms with Gasteiger partial charge in [0.1, 0.15) is 5.82 Å². The Morgan fingerprint density at radius 3 is 2.36 bits per heavy atom. The van der Waals surface area contributed by atoms with Crippen molar-refractivity contribution in [3.05, 3.63) is 71.5 Å². The predicted molar refractivity (Wildman–Crippen MR) is 122 cm³/mol. The van der Waals surface area contributed by atoms with Crippen LogP contribution < -0.4 is 16.4 Å². The summed E-state index contributed by atoms with van der Waals surface area (Å²) in [5.74, 6) is -0.467. The van der Waals surface area contributed by atoms with Gasteiger partial charge in [-0.05, 0) is 42.5 Å². The van der Waals surface area contributed by atoms with Crippen LogP contribution in [0, 0.1) is 11.7 Å². The van der Waals surface area contributed by atoms with E-state index in [4.69, 9.17) is 5.73 Å². The number of carbonyl (C=O) groups excluding carboxylic acids is 1. The molecule has 0 aliphatic heterocycles. The number of primary amides is 1. The van der Waals surface area contributed by atoms with Crippen molar-refractivity contribution >= 4 is 35.8 Å². The lowest BCUT2D eigenvalue weighted by Crippen LogP contribution is -2.43. The lowest BCUT2D eigenvalue weighted by molar-refractivity contribution is -0.121. The van der Waals surface area contributed by atoms with E-state index in [9.17, 15) is 9.18 Å². The minimum absolute atomic E-state index is 0. The zero-order valence-corrected chi connectivity index (χ0v) is 18.4. The minimum atomic E-state index is -0.404. The molecule has 5 nitrogen and oxygen atoms in total. The van der Waals surface area contributed by atoms with Crippen molar-refractivity contribution < 1.29 is 9.18 Å². The third kappa shape index (κ3) is 8.69. The van der Waals surface area contributed by atoms with Crippen LogP contribution in [0.25, 0.3) is 0 Å². The van der Waals surface area contributed by atoms with E-state index in [1.807, 2.05) is 18.2 Å². The maximum atomic E-state index is 13.0. The van der Waals surface area contributed by atoms with E-state index in [1.54, 1.807) is 19.2 Å². The van der Waals surface area contributed by atoms with Gasteiger partial charge >= 0.3 is 0 Å². The van der Waals surface area contributed by atoms with Crippen LogP contribution >= 0.6 is 24.0 Å². The van der Waals surface area contributed by atoms with Crippen LogP contribution in [0.5, 0.6) is 0 Å². The maximum absolute atomic E-state index is 13.0. The smallest absolute Gasteiger partial charge is 0.222 e. The summed E-state index contributed by atoms with van der Waals surface area (Å²) in [6.45, 7) is 1.14. The minimum Gasteiger partial charge on any atom is -0.369 e. The number of halogens is 2. The fourth-order valence-corrected chi connectivity index (χ4v) is 2.76. The van der Waals surface area contributed by atoms with Crippen molar-refractivity contribution in [2.75, 3.05) is 20.1 Å². The average Bonchev–Trinajstić information content (AvgIpc) is 2.68. The largest absolute Gasteiger partial charge is 0.369 e. The monoisotopic (exact) mass is 498 g/mol. The number of nitrogens with one attached hydrogen (secondary N) is 2. The molecule has 2 aromatic rings. The molecule has 0 saturated carbocycles. The highest BCUT2D eigenvalue weighted by Crippen LogP contribution is 2.09. The molecule has 2 rings (SSSR count). The normalized spacial score (nSPS) is 12.0. The molecule has 1 atom stereocenters. The number of nitrogens with two attached hydrogens (primary N) is 1. The molecule has 0 fully saturated rings. The zero-order valence-electron chi connectivity index (χ0n) is 16.0. The summed E-state index contributed by atoms with van der Waals surface area (Å²) in [5, 5.41) is 6.39. The van der Waals surface area contributed by atoms with Crippen LogP contribution in [-0.4, -0.2) is 32.0 Å². The Bertz CT molecular complexity index is 738. The molecule has 152 valence electrons. The highest BCUT2D eigenvalue weighted by Gasteiger charge is 2.16. The van der Waals surface area contributed by atoms with Crippen LogP contribution in [0.1, 0.15) is 17.5 Å². The molecule has 0 spiro atoms. The quantitative estimate of drug-likeness (QED) is 0.215. The second-order valence-corrected chi connectivity index (χ2v) is 6.40. The first-order valence-electron chi connectivity index (χ1n) is 9.10. The van der Waals surface area contributed by atoms with Crippen LogP contribution in [-0.2, 0) is 17.6 Å². The van der Waals surface area contributed by atoms with Crippen LogP contribution in [0.15, 0.2) is 59.6 Å². The van der Waals surface area contributed by atoms with Crippen LogP contribution in [0.3, 0.4) is 0 Å². The molecule has 0 aromatic heterocycles. The van der Waals surface area contributed by atoms with Gasteiger partial charge in [0.2, 0.25) is 5.91 Å². The molecule has 1 amide bonds. The summed E-state index contributed by atoms with van der Waals surface area (Å²) in [6.07, 6.45) is 2.41. The molecule has 28 heavy (non-hydrogen) atoms. The van der Waals surface area contributed by atoms with E-state index in [-0.39, 0.29) is 29.8 Å². The molecule has 0 aliphatic rings. The first-order valence-corrected chi connectivity index (χ1v) is 9.10. The highest BCUT2D eigenvalue weighted by molar-refractivity contribution is 14.0. The lowest BCUT2D eigenvalue weighted by atomic mass is 9.98. The lowest BCUT2D eigenvalue weighted by Gasteiger charge is -2.17. The van der Waals surface area contributed by atoms with Crippen molar-refractivity contribution in [3.8, 4) is 0 Å². The Labute approximate surface area is 183 Å². The van der Waals surface area contributed by atoms with Crippen molar-refractivity contribution in [2.24, 2.45) is 16.6 Å². The number of carbonyl (C=O) groups is 1. The Hall–Kier alpha value is -2.16.